The Kier molecular flexibility index (Phi) is 4.53. The third kappa shape index (κ3) is 3.36. The van der Waals surface area contributed by atoms with E-state index in [2.05, 4.69) is 34.6 Å². The van der Waals surface area contributed by atoms with Crippen LogP contribution in [-0.2, 0) is 11.2 Å². The van der Waals surface area contributed by atoms with Crippen LogP contribution in [0.2, 0.25) is 0 Å². The second-order valence-electron chi connectivity index (χ2n) is 5.56. The maximum Gasteiger partial charge on any atom is 0.269 e. The molecule has 0 aliphatic carbocycles. The highest BCUT2D eigenvalue weighted by molar-refractivity contribution is 5.93. The van der Waals surface area contributed by atoms with E-state index in [0.29, 0.717) is 12.2 Å². The van der Waals surface area contributed by atoms with E-state index in [0.717, 1.165) is 37.1 Å². The SMILES string of the molecule is CCc1ccc(-c2cc(C(=O)NCC3CCCO3)[nH]n2)cc1. The molecule has 1 unspecified atom stereocenters. The number of carbonyl (C=O) groups excluding carboxylic acids is 1. The van der Waals surface area contributed by atoms with Crippen LogP contribution >= 0.6 is 0 Å². The lowest BCUT2D eigenvalue weighted by atomic mass is 10.1. The molecule has 2 aromatic rings. The fourth-order valence-corrected chi connectivity index (χ4v) is 2.60. The molecule has 1 aliphatic heterocycles. The molecule has 22 heavy (non-hydrogen) atoms. The molecule has 0 radical (unpaired) electrons. The lowest BCUT2D eigenvalue weighted by Crippen LogP contribution is -2.31. The number of hydrogen-bond acceptors (Lipinski definition) is 3. The number of hydrogen-bond donors (Lipinski definition) is 2. The number of amides is 1. The minimum absolute atomic E-state index is 0.139. The average Bonchev–Trinajstić information content (AvgIpc) is 3.24. The lowest BCUT2D eigenvalue weighted by molar-refractivity contribution is 0.0853. The smallest absolute Gasteiger partial charge is 0.269 e. The summed E-state index contributed by atoms with van der Waals surface area (Å²) in [5.74, 6) is -0.139. The summed E-state index contributed by atoms with van der Waals surface area (Å²) in [6.07, 6.45) is 3.24. The monoisotopic (exact) mass is 299 g/mol. The number of benzene rings is 1. The minimum Gasteiger partial charge on any atom is -0.376 e. The predicted octanol–water partition coefficient (Wildman–Crippen LogP) is 2.55. The highest BCUT2D eigenvalue weighted by Gasteiger charge is 2.17. The van der Waals surface area contributed by atoms with Gasteiger partial charge in [-0.05, 0) is 30.9 Å². The number of aromatic nitrogens is 2. The largest absolute Gasteiger partial charge is 0.376 e. The molecule has 1 aromatic heterocycles. The minimum atomic E-state index is -0.139. The molecule has 1 fully saturated rings. The quantitative estimate of drug-likeness (QED) is 0.891. The molecular formula is C17H21N3O2. The Balaban J connectivity index is 1.63. The van der Waals surface area contributed by atoms with Crippen molar-refractivity contribution in [2.24, 2.45) is 0 Å². The molecule has 5 heteroatoms. The number of carbonyl (C=O) groups is 1. The van der Waals surface area contributed by atoms with Gasteiger partial charge in [0.25, 0.3) is 5.91 Å². The van der Waals surface area contributed by atoms with Gasteiger partial charge in [-0.3, -0.25) is 9.89 Å². The first-order valence-corrected chi connectivity index (χ1v) is 7.81. The van der Waals surface area contributed by atoms with E-state index in [1.807, 2.05) is 12.1 Å². The van der Waals surface area contributed by atoms with E-state index in [-0.39, 0.29) is 12.0 Å². The second-order valence-corrected chi connectivity index (χ2v) is 5.56. The number of aryl methyl sites for hydroxylation is 1. The first-order valence-electron chi connectivity index (χ1n) is 7.81. The number of aromatic amines is 1. The third-order valence-corrected chi connectivity index (χ3v) is 3.99. The van der Waals surface area contributed by atoms with E-state index in [1.165, 1.54) is 5.56 Å². The van der Waals surface area contributed by atoms with Crippen molar-refractivity contribution in [3.63, 3.8) is 0 Å². The Morgan fingerprint density at radius 1 is 1.41 bits per heavy atom. The molecule has 1 atom stereocenters. The van der Waals surface area contributed by atoms with Crippen molar-refractivity contribution in [2.45, 2.75) is 32.3 Å². The maximum atomic E-state index is 12.1. The summed E-state index contributed by atoms with van der Waals surface area (Å²) in [6, 6.07) is 10.0. The Hall–Kier alpha value is -2.14. The van der Waals surface area contributed by atoms with E-state index in [1.54, 1.807) is 6.07 Å². The molecule has 116 valence electrons. The van der Waals surface area contributed by atoms with Crippen LogP contribution in [0.25, 0.3) is 11.3 Å². The molecular weight excluding hydrogens is 278 g/mol. The van der Waals surface area contributed by atoms with Crippen molar-refractivity contribution in [1.29, 1.82) is 0 Å². The maximum absolute atomic E-state index is 12.1. The third-order valence-electron chi connectivity index (χ3n) is 3.99. The molecule has 1 aliphatic rings. The van der Waals surface area contributed by atoms with Gasteiger partial charge in [0.2, 0.25) is 0 Å². The zero-order valence-electron chi connectivity index (χ0n) is 12.8. The zero-order chi connectivity index (χ0) is 15.4. The normalized spacial score (nSPS) is 17.6. The van der Waals surface area contributed by atoms with E-state index >= 15 is 0 Å². The molecule has 0 bridgehead atoms. The fourth-order valence-electron chi connectivity index (χ4n) is 2.60. The molecule has 2 N–H and O–H groups in total. The summed E-state index contributed by atoms with van der Waals surface area (Å²) in [4.78, 5) is 12.1. The summed E-state index contributed by atoms with van der Waals surface area (Å²) in [5.41, 5.74) is 3.55. The van der Waals surface area contributed by atoms with Crippen molar-refractivity contribution in [3.05, 3.63) is 41.6 Å². The topological polar surface area (TPSA) is 67.0 Å². The number of nitrogens with one attached hydrogen (secondary N) is 2. The van der Waals surface area contributed by atoms with Gasteiger partial charge in [-0.1, -0.05) is 31.2 Å². The summed E-state index contributed by atoms with van der Waals surface area (Å²) in [6.45, 7) is 3.47. The molecule has 2 heterocycles. The molecule has 1 amide bonds. The van der Waals surface area contributed by atoms with E-state index in [9.17, 15) is 4.79 Å². The number of H-pyrrole nitrogens is 1. The summed E-state index contributed by atoms with van der Waals surface area (Å²) in [5, 5.41) is 9.92. The van der Waals surface area contributed by atoms with Gasteiger partial charge < -0.3 is 10.1 Å². The van der Waals surface area contributed by atoms with Gasteiger partial charge in [-0.15, -0.1) is 0 Å². The molecule has 0 spiro atoms. The van der Waals surface area contributed by atoms with Crippen LogP contribution in [0.3, 0.4) is 0 Å². The van der Waals surface area contributed by atoms with Crippen LogP contribution in [0, 0.1) is 0 Å². The second kappa shape index (κ2) is 6.75. The van der Waals surface area contributed by atoms with E-state index in [4.69, 9.17) is 4.74 Å². The van der Waals surface area contributed by atoms with Crippen LogP contribution in [0.5, 0.6) is 0 Å². The number of rotatable bonds is 5. The Morgan fingerprint density at radius 3 is 2.91 bits per heavy atom. The van der Waals surface area contributed by atoms with Crippen LogP contribution in [0.4, 0.5) is 0 Å². The van der Waals surface area contributed by atoms with E-state index < -0.39 is 0 Å². The van der Waals surface area contributed by atoms with Crippen LogP contribution < -0.4 is 5.32 Å². The van der Waals surface area contributed by atoms with Crippen molar-refractivity contribution >= 4 is 5.91 Å². The van der Waals surface area contributed by atoms with Crippen molar-refractivity contribution < 1.29 is 9.53 Å². The molecule has 3 rings (SSSR count). The highest BCUT2D eigenvalue weighted by atomic mass is 16.5. The Bertz CT molecular complexity index is 628. The number of ether oxygens (including phenoxy) is 1. The van der Waals surface area contributed by atoms with Gasteiger partial charge >= 0.3 is 0 Å². The van der Waals surface area contributed by atoms with Crippen molar-refractivity contribution in [1.82, 2.24) is 15.5 Å². The zero-order valence-corrected chi connectivity index (χ0v) is 12.8. The van der Waals surface area contributed by atoms with Crippen molar-refractivity contribution in [3.8, 4) is 11.3 Å². The Morgan fingerprint density at radius 2 is 2.23 bits per heavy atom. The molecule has 5 nitrogen and oxygen atoms in total. The average molecular weight is 299 g/mol. The highest BCUT2D eigenvalue weighted by Crippen LogP contribution is 2.18. The summed E-state index contributed by atoms with van der Waals surface area (Å²) in [7, 11) is 0. The standard InChI is InChI=1S/C17H21N3O2/c1-2-12-5-7-13(8-6-12)15-10-16(20-19-15)17(21)18-11-14-4-3-9-22-14/h5-8,10,14H,2-4,9,11H2,1H3,(H,18,21)(H,19,20). The molecule has 1 aromatic carbocycles. The van der Waals surface area contributed by atoms with Gasteiger partial charge in [0.05, 0.1) is 11.8 Å². The van der Waals surface area contributed by atoms with Gasteiger partial charge in [0, 0.05) is 18.7 Å². The summed E-state index contributed by atoms with van der Waals surface area (Å²) < 4.78 is 5.49. The van der Waals surface area contributed by atoms with Gasteiger partial charge in [0.15, 0.2) is 0 Å². The van der Waals surface area contributed by atoms with Gasteiger partial charge in [0.1, 0.15) is 5.69 Å². The van der Waals surface area contributed by atoms with Crippen molar-refractivity contribution in [2.75, 3.05) is 13.2 Å². The van der Waals surface area contributed by atoms with Gasteiger partial charge in [-0.2, -0.15) is 5.10 Å². The van der Waals surface area contributed by atoms with Gasteiger partial charge in [-0.25, -0.2) is 0 Å². The van der Waals surface area contributed by atoms with Crippen LogP contribution in [-0.4, -0.2) is 35.4 Å². The van der Waals surface area contributed by atoms with Crippen LogP contribution in [0.1, 0.15) is 35.8 Å². The molecule has 1 saturated heterocycles. The summed E-state index contributed by atoms with van der Waals surface area (Å²) >= 11 is 0. The lowest BCUT2D eigenvalue weighted by Gasteiger charge is -2.09. The fraction of sp³-hybridized carbons (Fsp3) is 0.412. The first kappa shape index (κ1) is 14.8. The number of nitrogens with zero attached hydrogens (tertiary/aromatic N) is 1. The predicted molar refractivity (Wildman–Crippen MR) is 84.7 cm³/mol. The van der Waals surface area contributed by atoms with Crippen LogP contribution in [0.15, 0.2) is 30.3 Å². The first-order chi connectivity index (χ1) is 10.8. The molecule has 0 saturated carbocycles. The Labute approximate surface area is 130 Å².